The first kappa shape index (κ1) is 19.2. The Morgan fingerprint density at radius 3 is 2.24 bits per heavy atom. The zero-order chi connectivity index (χ0) is 18.4. The number of sulfonamides is 1. The number of halogens is 1. The Balaban J connectivity index is 2.03. The topological polar surface area (TPSA) is 75.7 Å². The molecule has 134 valence electrons. The lowest BCUT2D eigenvalue weighted by molar-refractivity contribution is -0.116. The second-order valence-electron chi connectivity index (χ2n) is 5.22. The highest BCUT2D eigenvalue weighted by atomic mass is 35.5. The van der Waals surface area contributed by atoms with Crippen LogP contribution in [0.4, 0.5) is 5.69 Å². The first-order valence-electron chi connectivity index (χ1n) is 7.51. The Labute approximate surface area is 152 Å². The number of benzene rings is 2. The van der Waals surface area contributed by atoms with E-state index in [1.165, 1.54) is 31.1 Å². The highest BCUT2D eigenvalue weighted by molar-refractivity contribution is 7.89. The molecule has 0 saturated heterocycles. The summed E-state index contributed by atoms with van der Waals surface area (Å²) in [7, 11) is -2.15. The molecule has 0 fully saturated rings. The van der Waals surface area contributed by atoms with Crippen LogP contribution in [0.3, 0.4) is 0 Å². The van der Waals surface area contributed by atoms with Crippen LogP contribution in [-0.2, 0) is 14.8 Å². The number of nitrogens with one attached hydrogen (secondary N) is 1. The Morgan fingerprint density at radius 2 is 1.72 bits per heavy atom. The smallest absolute Gasteiger partial charge is 0.240 e. The van der Waals surface area contributed by atoms with Crippen LogP contribution in [0.1, 0.15) is 6.92 Å². The molecular weight excluding hydrogens is 364 g/mol. The van der Waals surface area contributed by atoms with Crippen molar-refractivity contribution in [2.75, 3.05) is 25.1 Å². The van der Waals surface area contributed by atoms with Gasteiger partial charge in [-0.15, -0.1) is 0 Å². The number of rotatable bonds is 7. The van der Waals surface area contributed by atoms with E-state index in [4.69, 9.17) is 16.3 Å². The quantitative estimate of drug-likeness (QED) is 0.798. The molecule has 0 atom stereocenters. The number of ether oxygens (including phenoxy) is 1. The second kappa shape index (κ2) is 8.33. The number of methoxy groups -OCH3 is 1. The third kappa shape index (κ3) is 5.19. The van der Waals surface area contributed by atoms with Gasteiger partial charge in [-0.2, -0.15) is 0 Å². The normalized spacial score (nSPS) is 11.2. The molecule has 0 spiro atoms. The van der Waals surface area contributed by atoms with E-state index in [1.54, 1.807) is 36.4 Å². The first-order chi connectivity index (χ1) is 11.8. The fraction of sp³-hybridized carbons (Fsp3) is 0.235. The molecule has 0 aliphatic heterocycles. The van der Waals surface area contributed by atoms with Crippen LogP contribution < -0.4 is 14.4 Å². The minimum Gasteiger partial charge on any atom is -0.497 e. The van der Waals surface area contributed by atoms with E-state index < -0.39 is 10.0 Å². The number of hydrogen-bond acceptors (Lipinski definition) is 4. The molecule has 1 amide bonds. The molecule has 2 aromatic carbocycles. The zero-order valence-electron chi connectivity index (χ0n) is 13.9. The number of nitrogens with zero attached hydrogens (tertiary/aromatic N) is 1. The summed E-state index contributed by atoms with van der Waals surface area (Å²) in [5.41, 5.74) is 0.653. The summed E-state index contributed by atoms with van der Waals surface area (Å²) in [5, 5.41) is 0.562. The van der Waals surface area contributed by atoms with E-state index in [1.807, 2.05) is 0 Å². The van der Waals surface area contributed by atoms with Gasteiger partial charge in [-0.3, -0.25) is 4.79 Å². The maximum absolute atomic E-state index is 12.3. The molecule has 6 nitrogen and oxygen atoms in total. The summed E-state index contributed by atoms with van der Waals surface area (Å²) in [6.07, 6.45) is 0. The highest BCUT2D eigenvalue weighted by Crippen LogP contribution is 2.18. The summed E-state index contributed by atoms with van der Waals surface area (Å²) in [6.45, 7) is 1.70. The van der Waals surface area contributed by atoms with E-state index in [0.29, 0.717) is 16.5 Å². The van der Waals surface area contributed by atoms with Crippen molar-refractivity contribution in [3.05, 3.63) is 53.6 Å². The van der Waals surface area contributed by atoms with E-state index in [-0.39, 0.29) is 23.9 Å². The lowest BCUT2D eigenvalue weighted by atomic mass is 10.3. The van der Waals surface area contributed by atoms with Gasteiger partial charge in [0.15, 0.2) is 0 Å². The summed E-state index contributed by atoms with van der Waals surface area (Å²) in [6, 6.07) is 12.8. The lowest BCUT2D eigenvalue weighted by Gasteiger charge is -2.21. The van der Waals surface area contributed by atoms with Crippen molar-refractivity contribution in [3.8, 4) is 5.75 Å². The van der Waals surface area contributed by atoms with Crippen LogP contribution in [0.5, 0.6) is 5.75 Å². The van der Waals surface area contributed by atoms with Crippen LogP contribution in [0, 0.1) is 0 Å². The predicted molar refractivity (Wildman–Crippen MR) is 97.7 cm³/mol. The molecule has 2 rings (SSSR count). The molecule has 0 aromatic heterocycles. The Bertz CT molecular complexity index is 821. The summed E-state index contributed by atoms with van der Waals surface area (Å²) < 4.78 is 32.1. The standard InChI is InChI=1S/C17H19ClN2O4S/c1-13(21)20(15-5-3-14(18)4-6-15)12-11-19-25(22,23)17-9-7-16(24-2)8-10-17/h3-10,19H,11-12H2,1-2H3. The molecule has 0 radical (unpaired) electrons. The fourth-order valence-corrected chi connectivity index (χ4v) is 3.37. The van der Waals surface area contributed by atoms with Crippen LogP contribution in [0.25, 0.3) is 0 Å². The number of carbonyl (C=O) groups excluding carboxylic acids is 1. The third-order valence-electron chi connectivity index (χ3n) is 3.52. The van der Waals surface area contributed by atoms with Gasteiger partial charge in [0.2, 0.25) is 15.9 Å². The number of anilines is 1. The van der Waals surface area contributed by atoms with Crippen LogP contribution in [0.2, 0.25) is 5.02 Å². The molecule has 25 heavy (non-hydrogen) atoms. The van der Waals surface area contributed by atoms with Gasteiger partial charge in [-0.05, 0) is 48.5 Å². The molecule has 2 aromatic rings. The van der Waals surface area contributed by atoms with Gasteiger partial charge in [0.1, 0.15) is 5.75 Å². The van der Waals surface area contributed by atoms with Crippen molar-refractivity contribution < 1.29 is 17.9 Å². The molecule has 0 saturated carbocycles. The maximum Gasteiger partial charge on any atom is 0.240 e. The summed E-state index contributed by atoms with van der Waals surface area (Å²) >= 11 is 5.85. The van der Waals surface area contributed by atoms with Gasteiger partial charge >= 0.3 is 0 Å². The van der Waals surface area contributed by atoms with Gasteiger partial charge in [-0.25, -0.2) is 13.1 Å². The Morgan fingerprint density at radius 1 is 1.12 bits per heavy atom. The minimum atomic E-state index is -3.66. The number of hydrogen-bond donors (Lipinski definition) is 1. The van der Waals surface area contributed by atoms with Crippen molar-refractivity contribution >= 4 is 33.2 Å². The summed E-state index contributed by atoms with van der Waals surface area (Å²) in [5.74, 6) is 0.385. The van der Waals surface area contributed by atoms with Crippen LogP contribution in [0.15, 0.2) is 53.4 Å². The van der Waals surface area contributed by atoms with Gasteiger partial charge in [-0.1, -0.05) is 11.6 Å². The molecule has 0 aliphatic rings. The van der Waals surface area contributed by atoms with Gasteiger partial charge in [0, 0.05) is 30.7 Å². The van der Waals surface area contributed by atoms with Gasteiger partial charge in [0.05, 0.1) is 12.0 Å². The predicted octanol–water partition coefficient (Wildman–Crippen LogP) is 2.68. The van der Waals surface area contributed by atoms with Crippen molar-refractivity contribution in [1.82, 2.24) is 4.72 Å². The Kier molecular flexibility index (Phi) is 6.41. The highest BCUT2D eigenvalue weighted by Gasteiger charge is 2.16. The average molecular weight is 383 g/mol. The van der Waals surface area contributed by atoms with Crippen molar-refractivity contribution in [1.29, 1.82) is 0 Å². The maximum atomic E-state index is 12.3. The van der Waals surface area contributed by atoms with Gasteiger partial charge in [0.25, 0.3) is 0 Å². The molecular formula is C17H19ClN2O4S. The second-order valence-corrected chi connectivity index (χ2v) is 7.42. The van der Waals surface area contributed by atoms with Crippen LogP contribution in [-0.4, -0.2) is 34.5 Å². The van der Waals surface area contributed by atoms with Crippen LogP contribution >= 0.6 is 11.6 Å². The molecule has 0 unspecified atom stereocenters. The largest absolute Gasteiger partial charge is 0.497 e. The van der Waals surface area contributed by atoms with Gasteiger partial charge < -0.3 is 9.64 Å². The Hall–Kier alpha value is -2.09. The zero-order valence-corrected chi connectivity index (χ0v) is 15.5. The number of amides is 1. The molecule has 0 aliphatic carbocycles. The average Bonchev–Trinajstić information content (AvgIpc) is 2.59. The number of carbonyl (C=O) groups is 1. The van der Waals surface area contributed by atoms with E-state index in [0.717, 1.165) is 0 Å². The van der Waals surface area contributed by atoms with Crippen molar-refractivity contribution in [3.63, 3.8) is 0 Å². The third-order valence-corrected chi connectivity index (χ3v) is 5.24. The monoisotopic (exact) mass is 382 g/mol. The van der Waals surface area contributed by atoms with Crippen molar-refractivity contribution in [2.24, 2.45) is 0 Å². The fourth-order valence-electron chi connectivity index (χ4n) is 2.22. The molecule has 0 bridgehead atoms. The first-order valence-corrected chi connectivity index (χ1v) is 9.37. The molecule has 0 heterocycles. The molecule has 1 N–H and O–H groups in total. The van der Waals surface area contributed by atoms with Crippen molar-refractivity contribution in [2.45, 2.75) is 11.8 Å². The summed E-state index contributed by atoms with van der Waals surface area (Å²) in [4.78, 5) is 13.4. The molecule has 8 heteroatoms. The SMILES string of the molecule is COc1ccc(S(=O)(=O)NCCN(C(C)=O)c2ccc(Cl)cc2)cc1. The lowest BCUT2D eigenvalue weighted by Crippen LogP contribution is -2.37. The van der Waals surface area contributed by atoms with E-state index >= 15 is 0 Å². The van der Waals surface area contributed by atoms with E-state index in [2.05, 4.69) is 4.72 Å². The van der Waals surface area contributed by atoms with E-state index in [9.17, 15) is 13.2 Å². The minimum absolute atomic E-state index is 0.0799.